The molecule has 0 aliphatic carbocycles. The van der Waals surface area contributed by atoms with Crippen molar-refractivity contribution in [1.29, 1.82) is 0 Å². The number of methoxy groups -OCH3 is 1. The van der Waals surface area contributed by atoms with Crippen molar-refractivity contribution in [3.8, 4) is 0 Å². The van der Waals surface area contributed by atoms with E-state index in [4.69, 9.17) is 0 Å². The molecule has 1 rings (SSSR count). The highest BCUT2D eigenvalue weighted by molar-refractivity contribution is 7.90. The van der Waals surface area contributed by atoms with Gasteiger partial charge < -0.3 is 4.74 Å². The first-order valence-corrected chi connectivity index (χ1v) is 6.95. The summed E-state index contributed by atoms with van der Waals surface area (Å²) in [5.41, 5.74) is -0.243. The Morgan fingerprint density at radius 3 is 2.35 bits per heavy atom. The molecule has 0 saturated carbocycles. The van der Waals surface area contributed by atoms with Gasteiger partial charge in [-0.05, 0) is 12.1 Å². The summed E-state index contributed by atoms with van der Waals surface area (Å²) in [5.74, 6) is -2.37. The van der Waals surface area contributed by atoms with Crippen LogP contribution in [0.2, 0.25) is 0 Å². The van der Waals surface area contributed by atoms with Gasteiger partial charge in [0.1, 0.15) is 11.6 Å². The molecule has 0 bridgehead atoms. The van der Waals surface area contributed by atoms with Crippen LogP contribution in [-0.2, 0) is 19.7 Å². The zero-order chi connectivity index (χ0) is 15.3. The maximum Gasteiger partial charge on any atom is 0.306 e. The summed E-state index contributed by atoms with van der Waals surface area (Å²) in [7, 11) is -1.60. The lowest BCUT2D eigenvalue weighted by atomic mass is 10.3. The minimum absolute atomic E-state index is 0.125. The minimum atomic E-state index is -4.01. The van der Waals surface area contributed by atoms with Crippen LogP contribution in [0.1, 0.15) is 6.42 Å². The molecule has 0 aliphatic rings. The lowest BCUT2D eigenvalue weighted by molar-refractivity contribution is -0.140. The predicted molar refractivity (Wildman–Crippen MR) is 68.2 cm³/mol. The van der Waals surface area contributed by atoms with Crippen LogP contribution in [0.25, 0.3) is 0 Å². The smallest absolute Gasteiger partial charge is 0.306 e. The average molecular weight is 308 g/mol. The molecular weight excluding hydrogens is 294 g/mol. The fourth-order valence-corrected chi connectivity index (χ4v) is 2.21. The van der Waals surface area contributed by atoms with Crippen LogP contribution in [0, 0.1) is 11.6 Å². The summed E-state index contributed by atoms with van der Waals surface area (Å²) >= 11 is 0. The number of hydrogen-bond donors (Lipinski definition) is 1. The Bertz CT molecular complexity index is 572. The average Bonchev–Trinajstić information content (AvgIpc) is 2.33. The summed E-state index contributed by atoms with van der Waals surface area (Å²) in [6, 6.07) is 2.31. The van der Waals surface area contributed by atoms with E-state index in [0.29, 0.717) is 6.07 Å². The summed E-state index contributed by atoms with van der Waals surface area (Å²) in [5, 5.41) is 0. The van der Waals surface area contributed by atoms with E-state index in [1.165, 1.54) is 14.2 Å². The number of nitrogens with zero attached hydrogens (tertiary/aromatic N) is 1. The largest absolute Gasteiger partial charge is 0.469 e. The number of anilines is 1. The molecule has 0 atom stereocenters. The molecule has 0 saturated heterocycles. The van der Waals surface area contributed by atoms with Gasteiger partial charge in [-0.15, -0.1) is 0 Å². The van der Waals surface area contributed by atoms with Crippen LogP contribution in [-0.4, -0.2) is 39.4 Å². The Balaban J connectivity index is 2.75. The SMILES string of the molecule is COC(=O)CCN(C)S(=O)(=O)Nc1cc(F)cc(F)c1. The fourth-order valence-electron chi connectivity index (χ4n) is 1.31. The van der Waals surface area contributed by atoms with E-state index >= 15 is 0 Å². The van der Waals surface area contributed by atoms with Gasteiger partial charge in [-0.1, -0.05) is 0 Å². The predicted octanol–water partition coefficient (Wildman–Crippen LogP) is 1.12. The summed E-state index contributed by atoms with van der Waals surface area (Å²) < 4.78 is 56.8. The van der Waals surface area contributed by atoms with E-state index < -0.39 is 27.8 Å². The molecule has 1 aromatic rings. The Kier molecular flexibility index (Phi) is 5.40. The van der Waals surface area contributed by atoms with E-state index in [1.807, 2.05) is 4.72 Å². The van der Waals surface area contributed by atoms with Crippen molar-refractivity contribution in [2.75, 3.05) is 25.4 Å². The van der Waals surface area contributed by atoms with Crippen molar-refractivity contribution in [1.82, 2.24) is 4.31 Å². The Labute approximate surface area is 115 Å². The molecular formula is C11H14F2N2O4S. The summed E-state index contributed by atoms with van der Waals surface area (Å²) in [6.07, 6.45) is -0.134. The highest BCUT2D eigenvalue weighted by Crippen LogP contribution is 2.15. The zero-order valence-corrected chi connectivity index (χ0v) is 11.7. The summed E-state index contributed by atoms with van der Waals surface area (Å²) in [6.45, 7) is -0.125. The van der Waals surface area contributed by atoms with Crippen molar-refractivity contribution in [3.63, 3.8) is 0 Å². The third kappa shape index (κ3) is 4.74. The highest BCUT2D eigenvalue weighted by Gasteiger charge is 2.19. The number of benzene rings is 1. The molecule has 20 heavy (non-hydrogen) atoms. The zero-order valence-electron chi connectivity index (χ0n) is 10.9. The van der Waals surface area contributed by atoms with E-state index in [-0.39, 0.29) is 18.7 Å². The molecule has 6 nitrogen and oxygen atoms in total. The highest BCUT2D eigenvalue weighted by atomic mass is 32.2. The standard InChI is InChI=1S/C11H14F2N2O4S/c1-15(4-3-11(16)19-2)20(17,18)14-10-6-8(12)5-9(13)7-10/h5-7,14H,3-4H2,1-2H3. The molecule has 1 N–H and O–H groups in total. The number of ether oxygens (including phenoxy) is 1. The number of carbonyl (C=O) groups excluding carboxylic acids is 1. The summed E-state index contributed by atoms with van der Waals surface area (Å²) in [4.78, 5) is 10.9. The maximum atomic E-state index is 13.0. The van der Waals surface area contributed by atoms with Crippen molar-refractivity contribution in [2.24, 2.45) is 0 Å². The van der Waals surface area contributed by atoms with E-state index in [1.54, 1.807) is 0 Å². The van der Waals surface area contributed by atoms with Crippen molar-refractivity contribution in [3.05, 3.63) is 29.8 Å². The second-order valence-corrected chi connectivity index (χ2v) is 5.69. The molecule has 0 spiro atoms. The molecule has 0 aliphatic heterocycles. The van der Waals surface area contributed by atoms with Gasteiger partial charge in [0.2, 0.25) is 0 Å². The number of halogens is 2. The van der Waals surface area contributed by atoms with Crippen LogP contribution in [0.15, 0.2) is 18.2 Å². The third-order valence-corrected chi connectivity index (χ3v) is 3.88. The molecule has 0 unspecified atom stereocenters. The first-order valence-electron chi connectivity index (χ1n) is 5.51. The molecule has 0 amide bonds. The van der Waals surface area contributed by atoms with Gasteiger partial charge in [0.25, 0.3) is 0 Å². The quantitative estimate of drug-likeness (QED) is 0.799. The van der Waals surface area contributed by atoms with Crippen molar-refractivity contribution >= 4 is 21.9 Å². The van der Waals surface area contributed by atoms with Crippen LogP contribution in [0.3, 0.4) is 0 Å². The van der Waals surface area contributed by atoms with Gasteiger partial charge in [-0.25, -0.2) is 8.78 Å². The molecule has 0 fully saturated rings. The van der Waals surface area contributed by atoms with Crippen LogP contribution in [0.5, 0.6) is 0 Å². The van der Waals surface area contributed by atoms with E-state index in [9.17, 15) is 22.0 Å². The first-order chi connectivity index (χ1) is 9.24. The molecule has 0 radical (unpaired) electrons. The Morgan fingerprint density at radius 1 is 1.30 bits per heavy atom. The number of nitrogens with one attached hydrogen (secondary N) is 1. The second-order valence-electron chi connectivity index (χ2n) is 3.91. The van der Waals surface area contributed by atoms with Crippen molar-refractivity contribution in [2.45, 2.75) is 6.42 Å². The van der Waals surface area contributed by atoms with Gasteiger partial charge in [0, 0.05) is 19.7 Å². The molecule has 9 heteroatoms. The van der Waals surface area contributed by atoms with Crippen LogP contribution >= 0.6 is 0 Å². The third-order valence-electron chi connectivity index (χ3n) is 2.38. The normalized spacial score (nSPS) is 11.4. The van der Waals surface area contributed by atoms with E-state index in [0.717, 1.165) is 16.4 Å². The van der Waals surface area contributed by atoms with Gasteiger partial charge in [0.15, 0.2) is 0 Å². The molecule has 1 aromatic carbocycles. The second kappa shape index (κ2) is 6.62. The Morgan fingerprint density at radius 2 is 1.85 bits per heavy atom. The van der Waals surface area contributed by atoms with Crippen LogP contribution < -0.4 is 4.72 Å². The monoisotopic (exact) mass is 308 g/mol. The first kappa shape index (κ1) is 16.3. The minimum Gasteiger partial charge on any atom is -0.469 e. The lowest BCUT2D eigenvalue weighted by Crippen LogP contribution is -2.34. The van der Waals surface area contributed by atoms with Gasteiger partial charge >= 0.3 is 16.2 Å². The van der Waals surface area contributed by atoms with E-state index in [2.05, 4.69) is 4.74 Å². The van der Waals surface area contributed by atoms with Crippen LogP contribution in [0.4, 0.5) is 14.5 Å². The number of hydrogen-bond acceptors (Lipinski definition) is 4. The molecule has 0 aromatic heterocycles. The van der Waals surface area contributed by atoms with Crippen molar-refractivity contribution < 1.29 is 26.7 Å². The Hall–Kier alpha value is -1.74. The number of rotatable bonds is 6. The maximum absolute atomic E-state index is 13.0. The molecule has 0 heterocycles. The van der Waals surface area contributed by atoms with Gasteiger partial charge in [-0.3, -0.25) is 9.52 Å². The van der Waals surface area contributed by atoms with Gasteiger partial charge in [-0.2, -0.15) is 12.7 Å². The van der Waals surface area contributed by atoms with Gasteiger partial charge in [0.05, 0.1) is 19.2 Å². The fraction of sp³-hybridized carbons (Fsp3) is 0.364. The number of carbonyl (C=O) groups is 1. The molecule has 112 valence electrons. The lowest BCUT2D eigenvalue weighted by Gasteiger charge is -2.17. The topological polar surface area (TPSA) is 75.7 Å². The number of esters is 1.